The summed E-state index contributed by atoms with van der Waals surface area (Å²) in [5.74, 6) is 0.904. The van der Waals surface area contributed by atoms with Gasteiger partial charge in [-0.25, -0.2) is 0 Å². The Morgan fingerprint density at radius 3 is 2.40 bits per heavy atom. The number of nitrogens with zero attached hydrogens (tertiary/aromatic N) is 1. The van der Waals surface area contributed by atoms with Crippen molar-refractivity contribution in [3.05, 3.63) is 58.4 Å². The number of rotatable bonds is 4. The Labute approximate surface area is 119 Å². The third-order valence-electron chi connectivity index (χ3n) is 3.08. The van der Waals surface area contributed by atoms with E-state index >= 15 is 0 Å². The number of aryl methyl sites for hydroxylation is 3. The second kappa shape index (κ2) is 5.74. The van der Waals surface area contributed by atoms with Crippen molar-refractivity contribution in [1.29, 1.82) is 5.41 Å². The minimum atomic E-state index is 0.0723. The van der Waals surface area contributed by atoms with Gasteiger partial charge in [0.25, 0.3) is 0 Å². The van der Waals surface area contributed by atoms with Gasteiger partial charge in [0, 0.05) is 11.3 Å². The Kier molecular flexibility index (Phi) is 4.03. The van der Waals surface area contributed by atoms with Gasteiger partial charge in [0.05, 0.1) is 5.69 Å². The second-order valence-corrected chi connectivity index (χ2v) is 4.91. The van der Waals surface area contributed by atoms with Crippen LogP contribution in [0.4, 0.5) is 0 Å². The van der Waals surface area contributed by atoms with Crippen molar-refractivity contribution in [3.8, 4) is 5.75 Å². The zero-order chi connectivity index (χ0) is 14.7. The first-order valence-corrected chi connectivity index (χ1v) is 6.48. The van der Waals surface area contributed by atoms with Crippen LogP contribution in [0.2, 0.25) is 0 Å². The lowest BCUT2D eigenvalue weighted by Crippen LogP contribution is -2.12. The quantitative estimate of drug-likeness (QED) is 0.662. The molecule has 2 rings (SSSR count). The number of amidine groups is 1. The third kappa shape index (κ3) is 3.15. The first-order valence-electron chi connectivity index (χ1n) is 6.48. The van der Waals surface area contributed by atoms with Crippen molar-refractivity contribution in [1.82, 2.24) is 4.98 Å². The van der Waals surface area contributed by atoms with E-state index in [1.54, 1.807) is 0 Å². The number of nitrogens with two attached hydrogens (primary N) is 1. The molecule has 0 saturated heterocycles. The Morgan fingerprint density at radius 2 is 1.85 bits per heavy atom. The first-order chi connectivity index (χ1) is 9.47. The molecule has 0 aliphatic rings. The Hall–Kier alpha value is -2.36. The number of hydrogen-bond donors (Lipinski definition) is 2. The van der Waals surface area contributed by atoms with E-state index in [4.69, 9.17) is 15.9 Å². The standard InChI is InChI=1S/C16H19N3O/c1-10-7-13(16(17)18)8-11(2)15(10)20-9-14-6-4-5-12(3)19-14/h4-8H,9H2,1-3H3,(H3,17,18). The van der Waals surface area contributed by atoms with E-state index in [0.717, 1.165) is 33.8 Å². The molecule has 0 bridgehead atoms. The predicted octanol–water partition coefficient (Wildman–Crippen LogP) is 2.87. The number of aromatic nitrogens is 1. The highest BCUT2D eigenvalue weighted by molar-refractivity contribution is 5.95. The van der Waals surface area contributed by atoms with Crippen molar-refractivity contribution < 1.29 is 4.74 Å². The topological polar surface area (TPSA) is 72.0 Å². The number of nitrogen functional groups attached to an aromatic ring is 1. The molecule has 0 aliphatic carbocycles. The van der Waals surface area contributed by atoms with E-state index < -0.39 is 0 Å². The van der Waals surface area contributed by atoms with Crippen LogP contribution in [0.5, 0.6) is 5.75 Å². The van der Waals surface area contributed by atoms with E-state index in [-0.39, 0.29) is 5.84 Å². The molecule has 0 aliphatic heterocycles. The number of nitrogens with one attached hydrogen (secondary N) is 1. The van der Waals surface area contributed by atoms with Crippen LogP contribution in [0.15, 0.2) is 30.3 Å². The van der Waals surface area contributed by atoms with Crippen molar-refractivity contribution in [2.45, 2.75) is 27.4 Å². The summed E-state index contributed by atoms with van der Waals surface area (Å²) < 4.78 is 5.87. The summed E-state index contributed by atoms with van der Waals surface area (Å²) in [4.78, 5) is 4.41. The molecule has 1 aromatic heterocycles. The maximum atomic E-state index is 7.49. The van der Waals surface area contributed by atoms with Gasteiger partial charge in [0.15, 0.2) is 0 Å². The number of ether oxygens (including phenoxy) is 1. The molecule has 1 aromatic carbocycles. The van der Waals surface area contributed by atoms with Crippen LogP contribution in [0, 0.1) is 26.2 Å². The minimum Gasteiger partial charge on any atom is -0.487 e. The molecule has 0 saturated carbocycles. The molecule has 1 heterocycles. The highest BCUT2D eigenvalue weighted by Gasteiger charge is 2.08. The van der Waals surface area contributed by atoms with E-state index in [2.05, 4.69) is 4.98 Å². The molecule has 0 atom stereocenters. The van der Waals surface area contributed by atoms with Crippen LogP contribution in [0.1, 0.15) is 28.1 Å². The van der Waals surface area contributed by atoms with Gasteiger partial charge in [-0.05, 0) is 56.2 Å². The van der Waals surface area contributed by atoms with Crippen LogP contribution < -0.4 is 10.5 Å². The van der Waals surface area contributed by atoms with Gasteiger partial charge in [0.2, 0.25) is 0 Å². The monoisotopic (exact) mass is 269 g/mol. The molecular weight excluding hydrogens is 250 g/mol. The molecule has 4 nitrogen and oxygen atoms in total. The first kappa shape index (κ1) is 14.1. The van der Waals surface area contributed by atoms with Gasteiger partial charge in [-0.2, -0.15) is 0 Å². The fraction of sp³-hybridized carbons (Fsp3) is 0.250. The summed E-state index contributed by atoms with van der Waals surface area (Å²) in [7, 11) is 0. The zero-order valence-corrected chi connectivity index (χ0v) is 12.0. The Balaban J connectivity index is 2.20. The molecule has 2 aromatic rings. The molecule has 20 heavy (non-hydrogen) atoms. The lowest BCUT2D eigenvalue weighted by atomic mass is 10.1. The number of pyridine rings is 1. The molecule has 0 spiro atoms. The normalized spacial score (nSPS) is 10.3. The molecule has 0 fully saturated rings. The zero-order valence-electron chi connectivity index (χ0n) is 12.0. The summed E-state index contributed by atoms with van der Waals surface area (Å²) in [6.07, 6.45) is 0. The van der Waals surface area contributed by atoms with Crippen LogP contribution in [-0.4, -0.2) is 10.8 Å². The molecule has 3 N–H and O–H groups in total. The van der Waals surface area contributed by atoms with E-state index in [9.17, 15) is 0 Å². The number of benzene rings is 1. The molecule has 4 heteroatoms. The summed E-state index contributed by atoms with van der Waals surface area (Å²) in [5.41, 5.74) is 10.1. The van der Waals surface area contributed by atoms with E-state index in [1.165, 1.54) is 0 Å². The largest absolute Gasteiger partial charge is 0.487 e. The molecule has 104 valence electrons. The van der Waals surface area contributed by atoms with Crippen molar-refractivity contribution in [2.24, 2.45) is 5.73 Å². The maximum absolute atomic E-state index is 7.49. The summed E-state index contributed by atoms with van der Waals surface area (Å²) in [6, 6.07) is 9.62. The van der Waals surface area contributed by atoms with Crippen molar-refractivity contribution in [3.63, 3.8) is 0 Å². The van der Waals surface area contributed by atoms with Gasteiger partial charge in [-0.15, -0.1) is 0 Å². The summed E-state index contributed by atoms with van der Waals surface area (Å²) in [6.45, 7) is 6.31. The van der Waals surface area contributed by atoms with E-state index in [0.29, 0.717) is 6.61 Å². The molecule has 0 amide bonds. The highest BCUT2D eigenvalue weighted by Crippen LogP contribution is 2.25. The predicted molar refractivity (Wildman–Crippen MR) is 80.2 cm³/mol. The molecule has 0 unspecified atom stereocenters. The second-order valence-electron chi connectivity index (χ2n) is 4.91. The lowest BCUT2D eigenvalue weighted by molar-refractivity contribution is 0.297. The van der Waals surface area contributed by atoms with Crippen LogP contribution in [0.25, 0.3) is 0 Å². The van der Waals surface area contributed by atoms with Gasteiger partial charge >= 0.3 is 0 Å². The van der Waals surface area contributed by atoms with Crippen LogP contribution in [-0.2, 0) is 6.61 Å². The Morgan fingerprint density at radius 1 is 1.20 bits per heavy atom. The minimum absolute atomic E-state index is 0.0723. The van der Waals surface area contributed by atoms with Gasteiger partial charge in [0.1, 0.15) is 18.2 Å². The average molecular weight is 269 g/mol. The van der Waals surface area contributed by atoms with Crippen LogP contribution >= 0.6 is 0 Å². The lowest BCUT2D eigenvalue weighted by Gasteiger charge is -2.13. The van der Waals surface area contributed by atoms with Gasteiger partial charge in [-0.3, -0.25) is 10.4 Å². The smallest absolute Gasteiger partial charge is 0.130 e. The van der Waals surface area contributed by atoms with Gasteiger partial charge < -0.3 is 10.5 Å². The summed E-state index contributed by atoms with van der Waals surface area (Å²) in [5, 5.41) is 7.49. The fourth-order valence-corrected chi connectivity index (χ4v) is 2.16. The highest BCUT2D eigenvalue weighted by atomic mass is 16.5. The maximum Gasteiger partial charge on any atom is 0.130 e. The van der Waals surface area contributed by atoms with Crippen molar-refractivity contribution >= 4 is 5.84 Å². The van der Waals surface area contributed by atoms with Gasteiger partial charge in [-0.1, -0.05) is 6.07 Å². The molecular formula is C16H19N3O. The SMILES string of the molecule is Cc1cccc(COc2c(C)cc(C(=N)N)cc2C)n1. The fourth-order valence-electron chi connectivity index (χ4n) is 2.16. The summed E-state index contributed by atoms with van der Waals surface area (Å²) >= 11 is 0. The molecule has 0 radical (unpaired) electrons. The van der Waals surface area contributed by atoms with E-state index in [1.807, 2.05) is 51.1 Å². The average Bonchev–Trinajstić information content (AvgIpc) is 2.37. The Bertz CT molecular complexity index is 627. The third-order valence-corrected chi connectivity index (χ3v) is 3.08. The van der Waals surface area contributed by atoms with Crippen LogP contribution in [0.3, 0.4) is 0 Å². The van der Waals surface area contributed by atoms with Crippen molar-refractivity contribution in [2.75, 3.05) is 0 Å². The number of hydrogen-bond acceptors (Lipinski definition) is 3.